The second-order valence-electron chi connectivity index (χ2n) is 7.82. The lowest BCUT2D eigenvalue weighted by molar-refractivity contribution is 0.449. The molecular weight excluding hydrogens is 490 g/mol. The molecule has 0 amide bonds. The summed E-state index contributed by atoms with van der Waals surface area (Å²) >= 11 is 6.02. The molecule has 3 aromatic heterocycles. The van der Waals surface area contributed by atoms with Crippen LogP contribution in [-0.4, -0.2) is 30.8 Å². The summed E-state index contributed by atoms with van der Waals surface area (Å²) in [7, 11) is 0. The lowest BCUT2D eigenvalue weighted by atomic mass is 10.2. The molecule has 0 bridgehead atoms. The van der Waals surface area contributed by atoms with Crippen LogP contribution in [0.5, 0.6) is 11.6 Å². The molecule has 0 saturated heterocycles. The second-order valence-corrected chi connectivity index (χ2v) is 8.25. The Morgan fingerprint density at radius 2 is 1.78 bits per heavy atom. The van der Waals surface area contributed by atoms with E-state index in [1.807, 2.05) is 12.1 Å². The van der Waals surface area contributed by atoms with Gasteiger partial charge in [-0.1, -0.05) is 23.7 Å². The van der Waals surface area contributed by atoms with Crippen LogP contribution in [0.3, 0.4) is 0 Å². The van der Waals surface area contributed by atoms with E-state index in [1.165, 1.54) is 23.0 Å². The summed E-state index contributed by atoms with van der Waals surface area (Å²) in [5.41, 5.74) is 1.62. The van der Waals surface area contributed by atoms with Crippen LogP contribution in [0.4, 0.5) is 20.4 Å². The first kappa shape index (κ1) is 23.4. The van der Waals surface area contributed by atoms with Crippen molar-refractivity contribution in [1.29, 1.82) is 0 Å². The van der Waals surface area contributed by atoms with E-state index in [0.29, 0.717) is 28.7 Å². The van der Waals surface area contributed by atoms with Crippen LogP contribution in [0.15, 0.2) is 78.0 Å². The number of anilines is 2. The van der Waals surface area contributed by atoms with E-state index in [4.69, 9.17) is 16.3 Å². The van der Waals surface area contributed by atoms with Gasteiger partial charge in [-0.05, 0) is 48.0 Å². The molecule has 0 spiro atoms. The maximum Gasteiger partial charge on any atom is 0.300 e. The molecule has 1 N–H and O–H groups in total. The van der Waals surface area contributed by atoms with Gasteiger partial charge in [0.1, 0.15) is 18.2 Å². The van der Waals surface area contributed by atoms with Gasteiger partial charge in [0, 0.05) is 16.8 Å². The van der Waals surface area contributed by atoms with Crippen molar-refractivity contribution < 1.29 is 13.5 Å². The number of rotatable bonds is 8. The van der Waals surface area contributed by atoms with Gasteiger partial charge in [0.2, 0.25) is 11.8 Å². The summed E-state index contributed by atoms with van der Waals surface area (Å²) in [5, 5.41) is 3.76. The summed E-state index contributed by atoms with van der Waals surface area (Å²) < 4.78 is 34.9. The Kier molecular flexibility index (Phi) is 6.59. The highest BCUT2D eigenvalue weighted by Crippen LogP contribution is 2.24. The van der Waals surface area contributed by atoms with E-state index in [9.17, 15) is 13.6 Å². The predicted molar refractivity (Wildman–Crippen MR) is 132 cm³/mol. The number of pyridine rings is 1. The smallest absolute Gasteiger partial charge is 0.300 e. The van der Waals surface area contributed by atoms with Crippen molar-refractivity contribution >= 4 is 34.4 Å². The highest BCUT2D eigenvalue weighted by molar-refractivity contribution is 6.30. The summed E-state index contributed by atoms with van der Waals surface area (Å²) in [6.45, 7) is -0.289. The third-order valence-corrected chi connectivity index (χ3v) is 5.60. The highest BCUT2D eigenvalue weighted by atomic mass is 35.5. The molecule has 0 unspecified atom stereocenters. The number of aromatic nitrogens is 5. The number of fused-ring (bicyclic) bond motifs is 1. The minimum absolute atomic E-state index is 0.00547. The third kappa shape index (κ3) is 5.03. The molecule has 3 heterocycles. The van der Waals surface area contributed by atoms with Crippen molar-refractivity contribution in [2.45, 2.75) is 13.1 Å². The number of nitrogens with zero attached hydrogens (tertiary/aromatic N) is 5. The number of ether oxygens (including phenoxy) is 1. The molecule has 5 rings (SSSR count). The van der Waals surface area contributed by atoms with Crippen molar-refractivity contribution in [3.8, 4) is 11.6 Å². The van der Waals surface area contributed by atoms with Gasteiger partial charge < -0.3 is 14.6 Å². The fourth-order valence-electron chi connectivity index (χ4n) is 3.65. The largest absolute Gasteiger partial charge is 0.439 e. The molecule has 5 aromatic rings. The number of imidazole rings is 1. The van der Waals surface area contributed by atoms with Gasteiger partial charge in [0.25, 0.3) is 0 Å². The number of hydrogen-bond acceptors (Lipinski definition) is 6. The molecule has 0 radical (unpaired) electrons. The predicted octanol–water partition coefficient (Wildman–Crippen LogP) is 5.33. The van der Waals surface area contributed by atoms with E-state index in [1.54, 1.807) is 41.0 Å². The minimum Gasteiger partial charge on any atom is -0.439 e. The third-order valence-electron chi connectivity index (χ3n) is 5.35. The number of alkyl halides is 1. The fourth-order valence-corrected chi connectivity index (χ4v) is 3.78. The first-order valence-corrected chi connectivity index (χ1v) is 11.3. The molecule has 182 valence electrons. The zero-order valence-corrected chi connectivity index (χ0v) is 19.5. The molecule has 0 aliphatic rings. The molecule has 0 saturated carbocycles. The van der Waals surface area contributed by atoms with E-state index >= 15 is 0 Å². The highest BCUT2D eigenvalue weighted by Gasteiger charge is 2.17. The Bertz CT molecular complexity index is 1550. The minimum atomic E-state index is -0.635. The van der Waals surface area contributed by atoms with Gasteiger partial charge in [-0.15, -0.1) is 0 Å². The topological polar surface area (TPSA) is 86.9 Å². The van der Waals surface area contributed by atoms with Crippen LogP contribution in [-0.2, 0) is 13.1 Å². The number of halogens is 3. The van der Waals surface area contributed by atoms with Gasteiger partial charge in [0.15, 0.2) is 11.2 Å². The average molecular weight is 509 g/mol. The summed E-state index contributed by atoms with van der Waals surface area (Å²) in [5.74, 6) is 0.559. The van der Waals surface area contributed by atoms with Gasteiger partial charge in [-0.2, -0.15) is 4.98 Å². The maximum absolute atomic E-state index is 13.1. The van der Waals surface area contributed by atoms with E-state index in [-0.39, 0.29) is 23.9 Å². The fraction of sp³-hybridized carbons (Fsp3) is 0.120. The summed E-state index contributed by atoms with van der Waals surface area (Å²) in [6, 6.07) is 16.8. The lowest BCUT2D eigenvalue weighted by Crippen LogP contribution is -2.20. The zero-order valence-electron chi connectivity index (χ0n) is 18.7. The van der Waals surface area contributed by atoms with Crippen molar-refractivity contribution in [3.05, 3.63) is 99.9 Å². The summed E-state index contributed by atoms with van der Waals surface area (Å²) in [4.78, 5) is 25.3. The SMILES string of the molecule is O=c1nc(Nc2ccc(Oc3ccc(F)cn3)cc2)n(Cc2ccc(Cl)cc2)c2ncn(CCF)c12. The van der Waals surface area contributed by atoms with Crippen LogP contribution in [0.1, 0.15) is 5.56 Å². The lowest BCUT2D eigenvalue weighted by Gasteiger charge is -2.15. The van der Waals surface area contributed by atoms with Crippen molar-refractivity contribution in [3.63, 3.8) is 0 Å². The van der Waals surface area contributed by atoms with E-state index < -0.39 is 18.1 Å². The first-order chi connectivity index (χ1) is 17.5. The molecule has 8 nitrogen and oxygen atoms in total. The molecule has 0 atom stereocenters. The molecule has 0 fully saturated rings. The first-order valence-electron chi connectivity index (χ1n) is 10.9. The van der Waals surface area contributed by atoms with Crippen LogP contribution in [0.2, 0.25) is 5.02 Å². The molecule has 0 aliphatic carbocycles. The average Bonchev–Trinajstić information content (AvgIpc) is 3.30. The van der Waals surface area contributed by atoms with Crippen LogP contribution in [0, 0.1) is 5.82 Å². The number of hydrogen-bond donors (Lipinski definition) is 1. The van der Waals surface area contributed by atoms with Gasteiger partial charge in [0.05, 0.1) is 25.6 Å². The normalized spacial score (nSPS) is 11.1. The van der Waals surface area contributed by atoms with Crippen LogP contribution in [0.25, 0.3) is 11.2 Å². The molecule has 11 heteroatoms. The molecular formula is C25H19ClF2N6O2. The Balaban J connectivity index is 1.48. The number of nitrogens with one attached hydrogen (secondary N) is 1. The van der Waals surface area contributed by atoms with E-state index in [0.717, 1.165) is 11.8 Å². The maximum atomic E-state index is 13.1. The Hall–Kier alpha value is -4.31. The molecule has 36 heavy (non-hydrogen) atoms. The van der Waals surface area contributed by atoms with Gasteiger partial charge in [-0.25, -0.2) is 18.7 Å². The second kappa shape index (κ2) is 10.1. The van der Waals surface area contributed by atoms with Crippen molar-refractivity contribution in [2.24, 2.45) is 0 Å². The Labute approximate surface area is 208 Å². The van der Waals surface area contributed by atoms with Crippen LogP contribution < -0.4 is 15.6 Å². The Morgan fingerprint density at radius 1 is 1.00 bits per heavy atom. The summed E-state index contributed by atoms with van der Waals surface area (Å²) in [6.07, 6.45) is 2.51. The monoisotopic (exact) mass is 508 g/mol. The van der Waals surface area contributed by atoms with Crippen molar-refractivity contribution in [1.82, 2.24) is 24.1 Å². The van der Waals surface area contributed by atoms with Gasteiger partial charge in [-0.3, -0.25) is 9.36 Å². The Morgan fingerprint density at radius 3 is 2.47 bits per heavy atom. The van der Waals surface area contributed by atoms with E-state index in [2.05, 4.69) is 20.3 Å². The van der Waals surface area contributed by atoms with Crippen LogP contribution >= 0.6 is 11.6 Å². The quantitative estimate of drug-likeness (QED) is 0.305. The van der Waals surface area contributed by atoms with Crippen molar-refractivity contribution in [2.75, 3.05) is 12.0 Å². The number of benzene rings is 2. The molecule has 2 aromatic carbocycles. The van der Waals surface area contributed by atoms with Gasteiger partial charge >= 0.3 is 5.56 Å². The zero-order chi connectivity index (χ0) is 25.1. The standard InChI is InChI=1S/C25H19ClF2N6O2/c26-17-3-1-16(2-4-17)14-34-23-22(33(12-11-27)15-30-23)24(35)32-25(34)31-19-6-8-20(9-7-19)36-21-10-5-18(28)13-29-21/h1-10,13,15H,11-12,14H2,(H,31,32,35). The molecule has 0 aliphatic heterocycles. The number of aryl methyl sites for hydroxylation is 1.